The van der Waals surface area contributed by atoms with E-state index in [0.29, 0.717) is 11.7 Å². The third kappa shape index (κ3) is 3.32. The second-order valence-electron chi connectivity index (χ2n) is 5.83. The van der Waals surface area contributed by atoms with Crippen LogP contribution in [0.1, 0.15) is 17.4 Å². The summed E-state index contributed by atoms with van der Waals surface area (Å²) in [6, 6.07) is 12.2. The number of benzene rings is 1. The molecule has 0 saturated carbocycles. The Labute approximate surface area is 153 Å². The number of aromatic nitrogens is 4. The zero-order valence-electron chi connectivity index (χ0n) is 13.7. The van der Waals surface area contributed by atoms with Crippen LogP contribution in [0.2, 0.25) is 0 Å². The minimum absolute atomic E-state index is 0.0978. The first-order chi connectivity index (χ1) is 12.2. The van der Waals surface area contributed by atoms with Gasteiger partial charge in [-0.3, -0.25) is 4.79 Å². The molecule has 3 heterocycles. The van der Waals surface area contributed by atoms with E-state index in [-0.39, 0.29) is 11.2 Å². The van der Waals surface area contributed by atoms with Gasteiger partial charge in [0.25, 0.3) is 0 Å². The molecule has 128 valence electrons. The first-order valence-corrected chi connectivity index (χ1v) is 9.83. The van der Waals surface area contributed by atoms with Crippen LogP contribution in [0.15, 0.2) is 46.9 Å². The highest BCUT2D eigenvalue weighted by Gasteiger charge is 2.29. The standard InChI is InChI=1S/C17H17N5OS2/c1-12(16(23)21-9-8-13-5-2-3-7-15(13)21)25-17-18-19-20-22(17)11-14-6-4-10-24-14/h2-7,10,12H,8-9,11H2,1H3/t12-/m1/s1. The predicted octanol–water partition coefficient (Wildman–Crippen LogP) is 2.85. The van der Waals surface area contributed by atoms with Crippen molar-refractivity contribution in [2.24, 2.45) is 0 Å². The lowest BCUT2D eigenvalue weighted by atomic mass is 10.2. The summed E-state index contributed by atoms with van der Waals surface area (Å²) in [5.41, 5.74) is 2.26. The first-order valence-electron chi connectivity index (χ1n) is 8.07. The van der Waals surface area contributed by atoms with Gasteiger partial charge in [0.1, 0.15) is 0 Å². The summed E-state index contributed by atoms with van der Waals surface area (Å²) in [6.45, 7) is 3.28. The number of para-hydroxylation sites is 1. The highest BCUT2D eigenvalue weighted by Crippen LogP contribution is 2.31. The SMILES string of the molecule is C[C@@H](Sc1nnnn1Cc1cccs1)C(=O)N1CCc2ccccc21. The third-order valence-corrected chi connectivity index (χ3v) is 6.09. The van der Waals surface area contributed by atoms with Crippen LogP contribution in [0, 0.1) is 0 Å². The maximum Gasteiger partial charge on any atom is 0.240 e. The number of carbonyl (C=O) groups excluding carboxylic acids is 1. The molecule has 0 fully saturated rings. The van der Waals surface area contributed by atoms with Gasteiger partial charge in [-0.2, -0.15) is 0 Å². The number of hydrogen-bond acceptors (Lipinski definition) is 6. The van der Waals surface area contributed by atoms with Gasteiger partial charge < -0.3 is 4.90 Å². The molecule has 4 rings (SSSR count). The van der Waals surface area contributed by atoms with E-state index in [1.165, 1.54) is 22.2 Å². The van der Waals surface area contributed by atoms with E-state index in [4.69, 9.17) is 0 Å². The van der Waals surface area contributed by atoms with E-state index < -0.39 is 0 Å². The average molecular weight is 371 g/mol. The van der Waals surface area contributed by atoms with Crippen molar-refractivity contribution in [3.8, 4) is 0 Å². The molecule has 1 aromatic carbocycles. The molecule has 1 atom stereocenters. The number of hydrogen-bond donors (Lipinski definition) is 0. The molecular formula is C17H17N5OS2. The number of nitrogens with zero attached hydrogens (tertiary/aromatic N) is 5. The molecule has 0 radical (unpaired) electrons. The van der Waals surface area contributed by atoms with Crippen molar-refractivity contribution in [2.75, 3.05) is 11.4 Å². The summed E-state index contributed by atoms with van der Waals surface area (Å²) in [6.07, 6.45) is 0.912. The molecule has 3 aromatic rings. The number of anilines is 1. The summed E-state index contributed by atoms with van der Waals surface area (Å²) in [7, 11) is 0. The molecule has 0 N–H and O–H groups in total. The van der Waals surface area contributed by atoms with Gasteiger partial charge in [-0.05, 0) is 46.8 Å². The number of thiophene rings is 1. The summed E-state index contributed by atoms with van der Waals surface area (Å²) < 4.78 is 1.75. The predicted molar refractivity (Wildman–Crippen MR) is 99.1 cm³/mol. The topological polar surface area (TPSA) is 63.9 Å². The van der Waals surface area contributed by atoms with E-state index in [0.717, 1.165) is 18.7 Å². The fourth-order valence-corrected chi connectivity index (χ4v) is 4.46. The Kier molecular flexibility index (Phi) is 4.54. The molecule has 25 heavy (non-hydrogen) atoms. The number of rotatable bonds is 5. The van der Waals surface area contributed by atoms with E-state index in [9.17, 15) is 4.79 Å². The van der Waals surface area contributed by atoms with Gasteiger partial charge in [0.15, 0.2) is 0 Å². The molecule has 0 aliphatic carbocycles. The molecule has 8 heteroatoms. The van der Waals surface area contributed by atoms with Crippen molar-refractivity contribution in [2.45, 2.75) is 30.3 Å². The number of amides is 1. The molecule has 2 aromatic heterocycles. The highest BCUT2D eigenvalue weighted by molar-refractivity contribution is 8.00. The number of fused-ring (bicyclic) bond motifs is 1. The van der Waals surface area contributed by atoms with E-state index in [1.807, 2.05) is 41.5 Å². The molecule has 0 bridgehead atoms. The van der Waals surface area contributed by atoms with Gasteiger partial charge in [-0.25, -0.2) is 4.68 Å². The Morgan fingerprint density at radius 1 is 1.32 bits per heavy atom. The van der Waals surface area contributed by atoms with E-state index >= 15 is 0 Å². The second kappa shape index (κ2) is 6.97. The third-order valence-electron chi connectivity index (χ3n) is 4.17. The summed E-state index contributed by atoms with van der Waals surface area (Å²) in [5.74, 6) is 0.0978. The minimum atomic E-state index is -0.251. The van der Waals surface area contributed by atoms with E-state index in [2.05, 4.69) is 27.7 Å². The monoisotopic (exact) mass is 371 g/mol. The van der Waals surface area contributed by atoms with Crippen molar-refractivity contribution in [1.29, 1.82) is 0 Å². The zero-order valence-corrected chi connectivity index (χ0v) is 15.3. The molecule has 1 amide bonds. The smallest absolute Gasteiger partial charge is 0.240 e. The lowest BCUT2D eigenvalue weighted by molar-refractivity contribution is -0.117. The van der Waals surface area contributed by atoms with Crippen molar-refractivity contribution in [3.05, 3.63) is 52.2 Å². The van der Waals surface area contributed by atoms with E-state index in [1.54, 1.807) is 16.0 Å². The number of tetrazole rings is 1. The fraction of sp³-hybridized carbons (Fsp3) is 0.294. The zero-order chi connectivity index (χ0) is 17.2. The molecule has 1 aliphatic heterocycles. The Morgan fingerprint density at radius 2 is 2.20 bits per heavy atom. The van der Waals surface area contributed by atoms with Crippen molar-refractivity contribution >= 4 is 34.7 Å². The van der Waals surface area contributed by atoms with Crippen LogP contribution in [0.5, 0.6) is 0 Å². The summed E-state index contributed by atoms with van der Waals surface area (Å²) in [5, 5.41) is 14.4. The second-order valence-corrected chi connectivity index (χ2v) is 8.17. The average Bonchev–Trinajstić information content (AvgIpc) is 3.36. The molecule has 6 nitrogen and oxygen atoms in total. The molecule has 0 saturated heterocycles. The number of thioether (sulfide) groups is 1. The van der Waals surface area contributed by atoms with Gasteiger partial charge in [-0.15, -0.1) is 16.4 Å². The first kappa shape index (κ1) is 16.3. The van der Waals surface area contributed by atoms with Crippen molar-refractivity contribution in [3.63, 3.8) is 0 Å². The Bertz CT molecular complexity index is 877. The van der Waals surface area contributed by atoms with Crippen molar-refractivity contribution in [1.82, 2.24) is 20.2 Å². The lowest BCUT2D eigenvalue weighted by Crippen LogP contribution is -2.35. The Balaban J connectivity index is 1.47. The van der Waals surface area contributed by atoms with Crippen LogP contribution < -0.4 is 4.90 Å². The van der Waals surface area contributed by atoms with Crippen LogP contribution in [0.25, 0.3) is 0 Å². The van der Waals surface area contributed by atoms with Gasteiger partial charge in [0.2, 0.25) is 11.1 Å². The van der Waals surface area contributed by atoms with Crippen LogP contribution in [-0.4, -0.2) is 37.9 Å². The van der Waals surface area contributed by atoms with Gasteiger partial charge in [-0.1, -0.05) is 36.0 Å². The van der Waals surface area contributed by atoms with Crippen LogP contribution in [0.4, 0.5) is 5.69 Å². The summed E-state index contributed by atoms with van der Waals surface area (Å²) >= 11 is 3.08. The van der Waals surface area contributed by atoms with Crippen LogP contribution >= 0.6 is 23.1 Å². The van der Waals surface area contributed by atoms with Gasteiger partial charge in [0.05, 0.1) is 11.8 Å². The summed E-state index contributed by atoms with van der Waals surface area (Å²) in [4.78, 5) is 15.9. The van der Waals surface area contributed by atoms with Gasteiger partial charge in [0, 0.05) is 17.1 Å². The molecule has 1 aliphatic rings. The number of carbonyl (C=O) groups is 1. The largest absolute Gasteiger partial charge is 0.311 e. The highest BCUT2D eigenvalue weighted by atomic mass is 32.2. The van der Waals surface area contributed by atoms with Crippen LogP contribution in [0.3, 0.4) is 0 Å². The Morgan fingerprint density at radius 3 is 3.04 bits per heavy atom. The van der Waals surface area contributed by atoms with Gasteiger partial charge >= 0.3 is 0 Å². The lowest BCUT2D eigenvalue weighted by Gasteiger charge is -2.21. The van der Waals surface area contributed by atoms with Crippen LogP contribution in [-0.2, 0) is 17.8 Å². The fourth-order valence-electron chi connectivity index (χ4n) is 2.93. The Hall–Kier alpha value is -2.19. The van der Waals surface area contributed by atoms with Crippen molar-refractivity contribution < 1.29 is 4.79 Å². The quantitative estimate of drug-likeness (QED) is 0.645. The normalized spacial score (nSPS) is 14.5. The molecule has 0 spiro atoms. The molecular weight excluding hydrogens is 354 g/mol. The minimum Gasteiger partial charge on any atom is -0.311 e. The maximum atomic E-state index is 12.9. The maximum absolute atomic E-state index is 12.9. The molecule has 0 unspecified atom stereocenters.